The van der Waals surface area contributed by atoms with Crippen LogP contribution in [0.4, 0.5) is 11.4 Å². The average Bonchev–Trinajstić information content (AvgIpc) is 3.16. The fraction of sp³-hybridized carbons (Fsp3) is 0. The van der Waals surface area contributed by atoms with Crippen LogP contribution in [0, 0.1) is 10.1 Å². The molecule has 0 aliphatic rings. The molecule has 0 saturated heterocycles. The van der Waals surface area contributed by atoms with Gasteiger partial charge in [0.05, 0.1) is 32.5 Å². The van der Waals surface area contributed by atoms with Crippen molar-refractivity contribution in [2.75, 3.05) is 5.32 Å². The lowest BCUT2D eigenvalue weighted by Crippen LogP contribution is -2.12. The molecule has 0 radical (unpaired) electrons. The molecule has 1 amide bonds. The Labute approximate surface area is 157 Å². The normalized spacial score (nSPS) is 10.7. The van der Waals surface area contributed by atoms with Crippen LogP contribution in [-0.2, 0) is 0 Å². The van der Waals surface area contributed by atoms with Gasteiger partial charge in [-0.05, 0) is 29.8 Å². The number of carbonyl (C=O) groups excluding carboxylic acids is 1. The second-order valence-electron chi connectivity index (χ2n) is 5.72. The van der Waals surface area contributed by atoms with Gasteiger partial charge in [-0.15, -0.1) is 11.3 Å². The number of benzene rings is 2. The number of aromatic nitrogens is 2. The molecule has 2 heterocycles. The number of amides is 1. The van der Waals surface area contributed by atoms with Crippen molar-refractivity contribution in [1.82, 2.24) is 9.97 Å². The van der Waals surface area contributed by atoms with Gasteiger partial charge in [0, 0.05) is 29.5 Å². The van der Waals surface area contributed by atoms with E-state index in [0.717, 1.165) is 10.2 Å². The van der Waals surface area contributed by atoms with Crippen LogP contribution in [-0.4, -0.2) is 20.8 Å². The van der Waals surface area contributed by atoms with Gasteiger partial charge in [-0.3, -0.25) is 19.9 Å². The van der Waals surface area contributed by atoms with Gasteiger partial charge in [-0.25, -0.2) is 4.98 Å². The molecule has 8 heteroatoms. The summed E-state index contributed by atoms with van der Waals surface area (Å²) in [6, 6.07) is 13.2. The Bertz CT molecular complexity index is 1170. The highest BCUT2D eigenvalue weighted by Crippen LogP contribution is 2.30. The molecule has 0 atom stereocenters. The maximum absolute atomic E-state index is 12.7. The highest BCUT2D eigenvalue weighted by Gasteiger charge is 2.14. The van der Waals surface area contributed by atoms with E-state index in [4.69, 9.17) is 0 Å². The second-order valence-corrected chi connectivity index (χ2v) is 6.60. The molecule has 7 nitrogen and oxygen atoms in total. The Morgan fingerprint density at radius 3 is 2.89 bits per heavy atom. The van der Waals surface area contributed by atoms with Gasteiger partial charge in [-0.2, -0.15) is 0 Å². The first-order valence-corrected chi connectivity index (χ1v) is 8.83. The summed E-state index contributed by atoms with van der Waals surface area (Å²) in [5, 5.41) is 13.9. The van der Waals surface area contributed by atoms with Crippen molar-refractivity contribution in [1.29, 1.82) is 0 Å². The van der Waals surface area contributed by atoms with E-state index < -0.39 is 4.92 Å². The van der Waals surface area contributed by atoms with Gasteiger partial charge >= 0.3 is 0 Å². The molecule has 0 saturated carbocycles. The summed E-state index contributed by atoms with van der Waals surface area (Å²) >= 11 is 1.46. The SMILES string of the molecule is O=C(Nc1cnccc1-c1cccc([N+](=O)[O-])c1)c1ccc2ncsc2c1. The minimum Gasteiger partial charge on any atom is -0.320 e. The van der Waals surface area contributed by atoms with Crippen LogP contribution in [0.1, 0.15) is 10.4 Å². The first kappa shape index (κ1) is 16.8. The molecule has 1 N–H and O–H groups in total. The van der Waals surface area contributed by atoms with Gasteiger partial charge in [0.1, 0.15) is 0 Å². The van der Waals surface area contributed by atoms with Crippen LogP contribution in [0.2, 0.25) is 0 Å². The highest BCUT2D eigenvalue weighted by atomic mass is 32.1. The fourth-order valence-electron chi connectivity index (χ4n) is 2.72. The minimum atomic E-state index is -0.451. The number of fused-ring (bicyclic) bond motifs is 1. The lowest BCUT2D eigenvalue weighted by molar-refractivity contribution is -0.384. The van der Waals surface area contributed by atoms with E-state index in [9.17, 15) is 14.9 Å². The monoisotopic (exact) mass is 376 g/mol. The summed E-state index contributed by atoms with van der Waals surface area (Å²) in [7, 11) is 0. The number of nitrogens with one attached hydrogen (secondary N) is 1. The molecule has 0 bridgehead atoms. The molecule has 4 aromatic rings. The molecule has 132 valence electrons. The Hall–Kier alpha value is -3.65. The summed E-state index contributed by atoms with van der Waals surface area (Å²) in [5.41, 5.74) is 4.81. The zero-order valence-corrected chi connectivity index (χ0v) is 14.6. The molecule has 0 fully saturated rings. The van der Waals surface area contributed by atoms with Crippen LogP contribution in [0.15, 0.2) is 66.4 Å². The zero-order valence-electron chi connectivity index (χ0n) is 13.8. The van der Waals surface area contributed by atoms with Crippen molar-refractivity contribution in [3.05, 3.63) is 82.1 Å². The molecule has 0 aliphatic heterocycles. The van der Waals surface area contributed by atoms with E-state index in [0.29, 0.717) is 22.4 Å². The van der Waals surface area contributed by atoms with Gasteiger partial charge < -0.3 is 5.32 Å². The number of anilines is 1. The van der Waals surface area contributed by atoms with Crippen LogP contribution < -0.4 is 5.32 Å². The zero-order chi connectivity index (χ0) is 18.8. The first-order valence-electron chi connectivity index (χ1n) is 7.95. The Balaban J connectivity index is 1.67. The molecular weight excluding hydrogens is 364 g/mol. The molecule has 0 aliphatic carbocycles. The predicted octanol–water partition coefficient (Wildman–Crippen LogP) is 4.52. The lowest BCUT2D eigenvalue weighted by Gasteiger charge is -2.11. The van der Waals surface area contributed by atoms with Gasteiger partial charge in [0.2, 0.25) is 0 Å². The van der Waals surface area contributed by atoms with E-state index in [1.54, 1.807) is 48.1 Å². The Kier molecular flexibility index (Phi) is 4.31. The van der Waals surface area contributed by atoms with Crippen molar-refractivity contribution in [2.24, 2.45) is 0 Å². The molecule has 4 rings (SSSR count). The summed E-state index contributed by atoms with van der Waals surface area (Å²) < 4.78 is 0.924. The number of thiazole rings is 1. The van der Waals surface area contributed by atoms with Crippen LogP contribution in [0.3, 0.4) is 0 Å². The maximum atomic E-state index is 12.7. The molecule has 0 unspecified atom stereocenters. The largest absolute Gasteiger partial charge is 0.320 e. The standard InChI is InChI=1S/C19H12N4O3S/c24-19(13-4-5-16-18(9-13)27-11-21-16)22-17-10-20-7-6-15(17)12-2-1-3-14(8-12)23(25)26/h1-11H,(H,22,24). The smallest absolute Gasteiger partial charge is 0.270 e. The molecule has 27 heavy (non-hydrogen) atoms. The fourth-order valence-corrected chi connectivity index (χ4v) is 3.44. The summed E-state index contributed by atoms with van der Waals surface area (Å²) in [6.07, 6.45) is 3.10. The number of nitro groups is 1. The van der Waals surface area contributed by atoms with Crippen LogP contribution in [0.5, 0.6) is 0 Å². The predicted molar refractivity (Wildman–Crippen MR) is 104 cm³/mol. The summed E-state index contributed by atoms with van der Waals surface area (Å²) in [5.74, 6) is -0.287. The molecule has 2 aromatic carbocycles. The van der Waals surface area contributed by atoms with Crippen molar-refractivity contribution >= 4 is 38.8 Å². The van der Waals surface area contributed by atoms with Crippen molar-refractivity contribution in [2.45, 2.75) is 0 Å². The van der Waals surface area contributed by atoms with Crippen LogP contribution in [0.25, 0.3) is 21.3 Å². The van der Waals surface area contributed by atoms with E-state index >= 15 is 0 Å². The first-order chi connectivity index (χ1) is 13.1. The molecular formula is C19H12N4O3S. The topological polar surface area (TPSA) is 98.0 Å². The van der Waals surface area contributed by atoms with E-state index in [1.807, 2.05) is 0 Å². The van der Waals surface area contributed by atoms with Crippen LogP contribution >= 0.6 is 11.3 Å². The lowest BCUT2D eigenvalue weighted by atomic mass is 10.0. The average molecular weight is 376 g/mol. The van der Waals surface area contributed by atoms with Gasteiger partial charge in [0.15, 0.2) is 0 Å². The third kappa shape index (κ3) is 3.38. The molecule has 2 aromatic heterocycles. The third-order valence-corrected chi connectivity index (χ3v) is 4.82. The highest BCUT2D eigenvalue weighted by molar-refractivity contribution is 7.16. The number of rotatable bonds is 4. The summed E-state index contributed by atoms with van der Waals surface area (Å²) in [6.45, 7) is 0. The van der Waals surface area contributed by atoms with Gasteiger partial charge in [0.25, 0.3) is 11.6 Å². The number of hydrogen-bond donors (Lipinski definition) is 1. The Morgan fingerprint density at radius 1 is 1.15 bits per heavy atom. The number of nitro benzene ring substituents is 1. The van der Waals surface area contributed by atoms with Crippen molar-refractivity contribution < 1.29 is 9.72 Å². The maximum Gasteiger partial charge on any atom is 0.270 e. The summed E-state index contributed by atoms with van der Waals surface area (Å²) in [4.78, 5) is 31.5. The second kappa shape index (κ2) is 6.93. The van der Waals surface area contributed by atoms with Gasteiger partial charge in [-0.1, -0.05) is 12.1 Å². The van der Waals surface area contributed by atoms with E-state index in [1.165, 1.54) is 29.7 Å². The third-order valence-electron chi connectivity index (χ3n) is 4.03. The van der Waals surface area contributed by atoms with E-state index in [-0.39, 0.29) is 11.6 Å². The quantitative estimate of drug-likeness (QED) is 0.417. The van der Waals surface area contributed by atoms with Crippen molar-refractivity contribution in [3.63, 3.8) is 0 Å². The number of non-ortho nitro benzene ring substituents is 1. The van der Waals surface area contributed by atoms with E-state index in [2.05, 4.69) is 15.3 Å². The minimum absolute atomic E-state index is 0.0164. The number of pyridine rings is 1. The number of carbonyl (C=O) groups is 1. The number of nitrogens with zero attached hydrogens (tertiary/aromatic N) is 3. The molecule has 0 spiro atoms. The number of hydrogen-bond acceptors (Lipinski definition) is 6. The Morgan fingerprint density at radius 2 is 2.04 bits per heavy atom. The van der Waals surface area contributed by atoms with Crippen molar-refractivity contribution in [3.8, 4) is 11.1 Å².